The van der Waals surface area contributed by atoms with E-state index in [1.165, 1.54) is 37.7 Å². The number of rotatable bonds is 4. The van der Waals surface area contributed by atoms with E-state index < -0.39 is 0 Å². The van der Waals surface area contributed by atoms with Gasteiger partial charge in [-0.25, -0.2) is 0 Å². The summed E-state index contributed by atoms with van der Waals surface area (Å²) < 4.78 is 5.16. The van der Waals surface area contributed by atoms with Crippen LogP contribution >= 0.6 is 0 Å². The second-order valence-electron chi connectivity index (χ2n) is 5.12. The topological polar surface area (TPSA) is 35.2 Å². The van der Waals surface area contributed by atoms with Crippen molar-refractivity contribution >= 4 is 0 Å². The third kappa shape index (κ3) is 3.47. The van der Waals surface area contributed by atoms with E-state index in [-0.39, 0.29) is 6.04 Å². The molecule has 0 spiro atoms. The van der Waals surface area contributed by atoms with E-state index in [2.05, 4.69) is 12.1 Å². The first-order chi connectivity index (χ1) is 8.29. The first kappa shape index (κ1) is 12.4. The normalized spacial score (nSPS) is 18.9. The minimum Gasteiger partial charge on any atom is -0.497 e. The van der Waals surface area contributed by atoms with E-state index in [0.29, 0.717) is 0 Å². The van der Waals surface area contributed by atoms with Crippen LogP contribution in [-0.2, 0) is 0 Å². The fraction of sp³-hybridized carbons (Fsp3) is 0.600. The van der Waals surface area contributed by atoms with Crippen molar-refractivity contribution in [2.75, 3.05) is 7.11 Å². The van der Waals surface area contributed by atoms with Gasteiger partial charge in [0.05, 0.1) is 7.11 Å². The highest BCUT2D eigenvalue weighted by molar-refractivity contribution is 5.28. The molecule has 1 unspecified atom stereocenters. The summed E-state index contributed by atoms with van der Waals surface area (Å²) in [6.45, 7) is 0. The SMILES string of the molecule is COc1ccc(C(N)CC2CCCCC2)cc1. The van der Waals surface area contributed by atoms with E-state index >= 15 is 0 Å². The van der Waals surface area contributed by atoms with Crippen molar-refractivity contribution in [3.8, 4) is 5.75 Å². The molecule has 0 aliphatic heterocycles. The zero-order chi connectivity index (χ0) is 12.1. The third-order valence-corrected chi connectivity index (χ3v) is 3.86. The molecular formula is C15H23NO. The maximum Gasteiger partial charge on any atom is 0.118 e. The second-order valence-corrected chi connectivity index (χ2v) is 5.12. The van der Waals surface area contributed by atoms with Gasteiger partial charge in [0.2, 0.25) is 0 Å². The van der Waals surface area contributed by atoms with Crippen molar-refractivity contribution in [1.82, 2.24) is 0 Å². The molecule has 0 bridgehead atoms. The lowest BCUT2D eigenvalue weighted by atomic mass is 9.83. The van der Waals surface area contributed by atoms with Crippen molar-refractivity contribution in [3.05, 3.63) is 29.8 Å². The molecule has 1 atom stereocenters. The smallest absolute Gasteiger partial charge is 0.118 e. The molecule has 94 valence electrons. The van der Waals surface area contributed by atoms with Crippen LogP contribution in [0.25, 0.3) is 0 Å². The summed E-state index contributed by atoms with van der Waals surface area (Å²) in [4.78, 5) is 0. The monoisotopic (exact) mass is 233 g/mol. The molecule has 1 aliphatic carbocycles. The highest BCUT2D eigenvalue weighted by atomic mass is 16.5. The van der Waals surface area contributed by atoms with Gasteiger partial charge in [0, 0.05) is 6.04 Å². The van der Waals surface area contributed by atoms with Crippen LogP contribution in [0.5, 0.6) is 5.75 Å². The molecule has 1 fully saturated rings. The van der Waals surface area contributed by atoms with Crippen LogP contribution in [0, 0.1) is 5.92 Å². The van der Waals surface area contributed by atoms with E-state index in [1.807, 2.05) is 12.1 Å². The van der Waals surface area contributed by atoms with Crippen molar-refractivity contribution < 1.29 is 4.74 Å². The fourth-order valence-corrected chi connectivity index (χ4v) is 2.77. The van der Waals surface area contributed by atoms with Gasteiger partial charge in [-0.05, 0) is 30.0 Å². The van der Waals surface area contributed by atoms with Crippen LogP contribution in [0.2, 0.25) is 0 Å². The molecule has 17 heavy (non-hydrogen) atoms. The Bertz CT molecular complexity index is 327. The van der Waals surface area contributed by atoms with Crippen LogP contribution in [0.4, 0.5) is 0 Å². The summed E-state index contributed by atoms with van der Waals surface area (Å²) in [5.41, 5.74) is 7.51. The van der Waals surface area contributed by atoms with Crippen LogP contribution < -0.4 is 10.5 Å². The quantitative estimate of drug-likeness (QED) is 0.861. The maximum atomic E-state index is 6.28. The Morgan fingerprint density at radius 2 is 1.82 bits per heavy atom. The number of ether oxygens (including phenoxy) is 1. The Hall–Kier alpha value is -1.02. The Balaban J connectivity index is 1.91. The molecule has 0 saturated heterocycles. The lowest BCUT2D eigenvalue weighted by molar-refractivity contribution is 0.319. The number of methoxy groups -OCH3 is 1. The molecule has 2 nitrogen and oxygen atoms in total. The van der Waals surface area contributed by atoms with Crippen molar-refractivity contribution in [2.24, 2.45) is 11.7 Å². The number of benzene rings is 1. The average molecular weight is 233 g/mol. The van der Waals surface area contributed by atoms with Gasteiger partial charge >= 0.3 is 0 Å². The highest BCUT2D eigenvalue weighted by Crippen LogP contribution is 2.31. The Labute approximate surface area is 104 Å². The van der Waals surface area contributed by atoms with Gasteiger partial charge in [0.15, 0.2) is 0 Å². The first-order valence-corrected chi connectivity index (χ1v) is 6.69. The minimum absolute atomic E-state index is 0.184. The standard InChI is InChI=1S/C15H23NO/c1-17-14-9-7-13(8-10-14)15(16)11-12-5-3-2-4-6-12/h7-10,12,15H,2-6,11,16H2,1H3. The van der Waals surface area contributed by atoms with Gasteiger partial charge in [-0.1, -0.05) is 44.2 Å². The fourth-order valence-electron chi connectivity index (χ4n) is 2.77. The Kier molecular flexibility index (Phi) is 4.43. The summed E-state index contributed by atoms with van der Waals surface area (Å²) in [5.74, 6) is 1.74. The summed E-state index contributed by atoms with van der Waals surface area (Å²) >= 11 is 0. The minimum atomic E-state index is 0.184. The van der Waals surface area contributed by atoms with Gasteiger partial charge in [-0.2, -0.15) is 0 Å². The molecule has 1 aromatic carbocycles. The van der Waals surface area contributed by atoms with Gasteiger partial charge in [0.1, 0.15) is 5.75 Å². The summed E-state index contributed by atoms with van der Waals surface area (Å²) in [7, 11) is 1.69. The molecular weight excluding hydrogens is 210 g/mol. The molecule has 0 aromatic heterocycles. The van der Waals surface area contributed by atoms with E-state index in [9.17, 15) is 0 Å². The van der Waals surface area contributed by atoms with Gasteiger partial charge in [0.25, 0.3) is 0 Å². The predicted molar refractivity (Wildman–Crippen MR) is 71.1 cm³/mol. The van der Waals surface area contributed by atoms with E-state index in [1.54, 1.807) is 7.11 Å². The zero-order valence-electron chi connectivity index (χ0n) is 10.7. The highest BCUT2D eigenvalue weighted by Gasteiger charge is 2.17. The van der Waals surface area contributed by atoms with E-state index in [4.69, 9.17) is 10.5 Å². The molecule has 0 amide bonds. The molecule has 1 aliphatic rings. The largest absolute Gasteiger partial charge is 0.497 e. The maximum absolute atomic E-state index is 6.28. The third-order valence-electron chi connectivity index (χ3n) is 3.86. The molecule has 2 N–H and O–H groups in total. The molecule has 1 aromatic rings. The van der Waals surface area contributed by atoms with Crippen LogP contribution in [0.3, 0.4) is 0 Å². The molecule has 1 saturated carbocycles. The Morgan fingerprint density at radius 1 is 1.18 bits per heavy atom. The van der Waals surface area contributed by atoms with Gasteiger partial charge in [-0.3, -0.25) is 0 Å². The first-order valence-electron chi connectivity index (χ1n) is 6.69. The zero-order valence-corrected chi connectivity index (χ0v) is 10.7. The van der Waals surface area contributed by atoms with Crippen LogP contribution in [-0.4, -0.2) is 7.11 Å². The predicted octanol–water partition coefficient (Wildman–Crippen LogP) is 3.67. The Morgan fingerprint density at radius 3 is 2.41 bits per heavy atom. The summed E-state index contributed by atoms with van der Waals surface area (Å²) in [5, 5.41) is 0. The van der Waals surface area contributed by atoms with Gasteiger partial charge < -0.3 is 10.5 Å². The molecule has 2 rings (SSSR count). The van der Waals surface area contributed by atoms with E-state index in [0.717, 1.165) is 18.1 Å². The van der Waals surface area contributed by atoms with Crippen LogP contribution in [0.15, 0.2) is 24.3 Å². The number of hydrogen-bond acceptors (Lipinski definition) is 2. The molecule has 2 heteroatoms. The molecule has 0 radical (unpaired) electrons. The number of hydrogen-bond donors (Lipinski definition) is 1. The van der Waals surface area contributed by atoms with Crippen molar-refractivity contribution in [2.45, 2.75) is 44.6 Å². The van der Waals surface area contributed by atoms with Crippen molar-refractivity contribution in [3.63, 3.8) is 0 Å². The number of nitrogens with two attached hydrogens (primary N) is 1. The summed E-state index contributed by atoms with van der Waals surface area (Å²) in [6, 6.07) is 8.36. The summed E-state index contributed by atoms with van der Waals surface area (Å²) in [6.07, 6.45) is 8.05. The van der Waals surface area contributed by atoms with Gasteiger partial charge in [-0.15, -0.1) is 0 Å². The van der Waals surface area contributed by atoms with Crippen LogP contribution in [0.1, 0.15) is 50.1 Å². The molecule has 0 heterocycles. The second kappa shape index (κ2) is 6.06. The average Bonchev–Trinajstić information content (AvgIpc) is 2.40. The lowest BCUT2D eigenvalue weighted by Gasteiger charge is -2.24. The van der Waals surface area contributed by atoms with Crippen molar-refractivity contribution in [1.29, 1.82) is 0 Å². The lowest BCUT2D eigenvalue weighted by Crippen LogP contribution is -2.17.